The zero-order valence-corrected chi connectivity index (χ0v) is 13.0. The number of likely N-dealkylation sites (N-methyl/N-ethyl adjacent to an activating group) is 1. The third-order valence-electron chi connectivity index (χ3n) is 3.28. The molecular weight excluding hydrogens is 294 g/mol. The fourth-order valence-corrected chi connectivity index (χ4v) is 2.64. The molecule has 7 nitrogen and oxygen atoms in total. The summed E-state index contributed by atoms with van der Waals surface area (Å²) in [6.07, 6.45) is 1.68. The van der Waals surface area contributed by atoms with Crippen LogP contribution < -0.4 is 0 Å². The Morgan fingerprint density at radius 1 is 1.48 bits per heavy atom. The van der Waals surface area contributed by atoms with Gasteiger partial charge in [0.25, 0.3) is 5.70 Å². The number of hydrogen-bond acceptors (Lipinski definition) is 6. The summed E-state index contributed by atoms with van der Waals surface area (Å²) in [5, 5.41) is 11.7. The summed E-state index contributed by atoms with van der Waals surface area (Å²) in [6.45, 7) is 1.51. The van der Waals surface area contributed by atoms with E-state index >= 15 is 0 Å². The second kappa shape index (κ2) is 6.28. The number of halogens is 1. The second-order valence-corrected chi connectivity index (χ2v) is 5.61. The van der Waals surface area contributed by atoms with Gasteiger partial charge in [0, 0.05) is 26.8 Å². The van der Waals surface area contributed by atoms with Crippen molar-refractivity contribution < 1.29 is 4.92 Å². The quantitative estimate of drug-likeness (QED) is 0.476. The number of hydrogen-bond donors (Lipinski definition) is 0. The summed E-state index contributed by atoms with van der Waals surface area (Å²) in [5.74, 6) is 0.632. The Balaban J connectivity index is 2.25. The van der Waals surface area contributed by atoms with E-state index in [1.165, 1.54) is 0 Å². The molecule has 0 N–H and O–H groups in total. The maximum absolute atomic E-state index is 11.3. The average molecular weight is 312 g/mol. The average Bonchev–Trinajstić information content (AvgIpc) is 2.40. The van der Waals surface area contributed by atoms with Crippen molar-refractivity contribution in [3.63, 3.8) is 0 Å². The van der Waals surface area contributed by atoms with E-state index in [-0.39, 0.29) is 10.6 Å². The van der Waals surface area contributed by atoms with Crippen LogP contribution in [0.3, 0.4) is 0 Å². The predicted octanol–water partition coefficient (Wildman–Crippen LogP) is 1.45. The van der Waals surface area contributed by atoms with Gasteiger partial charge >= 0.3 is 0 Å². The summed E-state index contributed by atoms with van der Waals surface area (Å²) in [7, 11) is 5.56. The summed E-state index contributed by atoms with van der Waals surface area (Å²) in [4.78, 5) is 20.7. The van der Waals surface area contributed by atoms with Gasteiger partial charge in [0.2, 0.25) is 0 Å². The normalized spacial score (nSPS) is 16.3. The molecule has 0 bridgehead atoms. The van der Waals surface area contributed by atoms with E-state index in [0.29, 0.717) is 30.7 Å². The van der Waals surface area contributed by atoms with Crippen molar-refractivity contribution >= 4 is 11.6 Å². The van der Waals surface area contributed by atoms with Gasteiger partial charge in [-0.1, -0.05) is 17.7 Å². The zero-order valence-electron chi connectivity index (χ0n) is 12.3. The van der Waals surface area contributed by atoms with Crippen LogP contribution in [0, 0.1) is 10.1 Å². The van der Waals surface area contributed by atoms with Crippen LogP contribution in [0.4, 0.5) is 0 Å². The molecular formula is C13H18ClN5O2. The van der Waals surface area contributed by atoms with Crippen LogP contribution in [0.2, 0.25) is 5.15 Å². The molecule has 0 unspecified atom stereocenters. The van der Waals surface area contributed by atoms with E-state index in [2.05, 4.69) is 4.98 Å². The molecule has 0 aromatic carbocycles. The van der Waals surface area contributed by atoms with E-state index < -0.39 is 0 Å². The van der Waals surface area contributed by atoms with Gasteiger partial charge in [-0.25, -0.2) is 4.98 Å². The van der Waals surface area contributed by atoms with Crippen LogP contribution >= 0.6 is 11.6 Å². The number of nitro groups is 1. The van der Waals surface area contributed by atoms with Crippen molar-refractivity contribution in [1.29, 1.82) is 0 Å². The van der Waals surface area contributed by atoms with E-state index in [4.69, 9.17) is 11.6 Å². The Labute approximate surface area is 128 Å². The maximum atomic E-state index is 11.3. The molecule has 0 amide bonds. The molecule has 0 atom stereocenters. The van der Waals surface area contributed by atoms with Crippen LogP contribution in [-0.2, 0) is 6.54 Å². The molecule has 0 saturated carbocycles. The minimum Gasteiger partial charge on any atom is -0.351 e. The van der Waals surface area contributed by atoms with Crippen molar-refractivity contribution in [2.24, 2.45) is 0 Å². The first-order chi connectivity index (χ1) is 9.88. The lowest BCUT2D eigenvalue weighted by atomic mass is 10.2. The molecule has 8 heteroatoms. The highest BCUT2D eigenvalue weighted by atomic mass is 35.5. The van der Waals surface area contributed by atoms with Gasteiger partial charge in [0.05, 0.1) is 18.1 Å². The summed E-state index contributed by atoms with van der Waals surface area (Å²) in [6, 6.07) is 3.58. The number of rotatable bonds is 4. The molecule has 0 spiro atoms. The van der Waals surface area contributed by atoms with E-state index in [1.807, 2.05) is 41.9 Å². The van der Waals surface area contributed by atoms with Crippen molar-refractivity contribution in [3.05, 3.63) is 50.7 Å². The van der Waals surface area contributed by atoms with Crippen molar-refractivity contribution in [1.82, 2.24) is 19.7 Å². The molecule has 1 aromatic rings. The molecule has 1 aromatic heterocycles. The van der Waals surface area contributed by atoms with Gasteiger partial charge in [-0.2, -0.15) is 0 Å². The summed E-state index contributed by atoms with van der Waals surface area (Å²) < 4.78 is 0. The predicted molar refractivity (Wildman–Crippen MR) is 80.0 cm³/mol. The molecule has 0 fully saturated rings. The Kier molecular flexibility index (Phi) is 4.64. The SMILES string of the molecule is CN1CC([N+](=O)[O-])=C(N(C)Cc2ccc(Cl)nc2)N(C)C1. The molecule has 1 aliphatic rings. The first-order valence-electron chi connectivity index (χ1n) is 6.47. The van der Waals surface area contributed by atoms with Gasteiger partial charge in [-0.05, 0) is 18.7 Å². The van der Waals surface area contributed by atoms with Crippen molar-refractivity contribution in [3.8, 4) is 0 Å². The molecule has 0 saturated heterocycles. The molecule has 0 radical (unpaired) electrons. The third-order valence-corrected chi connectivity index (χ3v) is 3.51. The topological polar surface area (TPSA) is 65.8 Å². The van der Waals surface area contributed by atoms with Crippen LogP contribution in [0.5, 0.6) is 0 Å². The molecule has 2 heterocycles. The van der Waals surface area contributed by atoms with E-state index in [1.54, 1.807) is 12.3 Å². The minimum atomic E-state index is -0.307. The van der Waals surface area contributed by atoms with E-state index in [9.17, 15) is 10.1 Å². The Bertz CT molecular complexity index is 560. The van der Waals surface area contributed by atoms with Gasteiger partial charge in [0.15, 0.2) is 5.82 Å². The minimum absolute atomic E-state index is 0.204. The van der Waals surface area contributed by atoms with Gasteiger partial charge in [0.1, 0.15) is 5.15 Å². The van der Waals surface area contributed by atoms with Gasteiger partial charge in [-0.15, -0.1) is 0 Å². The molecule has 21 heavy (non-hydrogen) atoms. The third kappa shape index (κ3) is 3.62. The highest BCUT2D eigenvalue weighted by Gasteiger charge is 2.31. The lowest BCUT2D eigenvalue weighted by molar-refractivity contribution is -0.433. The maximum Gasteiger partial charge on any atom is 0.300 e. The standard InChI is InChI=1S/C13H18ClN5O2/c1-16-8-11(19(20)21)13(18(3)9-16)17(2)7-10-4-5-12(14)15-6-10/h4-6H,7-9H2,1-3H3. The first kappa shape index (κ1) is 15.5. The van der Waals surface area contributed by atoms with E-state index in [0.717, 1.165) is 5.56 Å². The fourth-order valence-electron chi connectivity index (χ4n) is 2.53. The largest absolute Gasteiger partial charge is 0.351 e. The smallest absolute Gasteiger partial charge is 0.300 e. The highest BCUT2D eigenvalue weighted by Crippen LogP contribution is 2.21. The Morgan fingerprint density at radius 3 is 2.76 bits per heavy atom. The van der Waals surface area contributed by atoms with Gasteiger partial charge < -0.3 is 9.80 Å². The lowest BCUT2D eigenvalue weighted by Crippen LogP contribution is -2.45. The zero-order chi connectivity index (χ0) is 15.6. The van der Waals surface area contributed by atoms with Crippen LogP contribution in [0.25, 0.3) is 0 Å². The molecule has 2 rings (SSSR count). The lowest BCUT2D eigenvalue weighted by Gasteiger charge is -2.36. The Hall–Kier alpha value is -1.86. The molecule has 114 valence electrons. The van der Waals surface area contributed by atoms with Crippen LogP contribution in [-0.4, -0.2) is 59.0 Å². The number of nitrogens with zero attached hydrogens (tertiary/aromatic N) is 5. The fraction of sp³-hybridized carbons (Fsp3) is 0.462. The monoisotopic (exact) mass is 311 g/mol. The molecule has 1 aliphatic heterocycles. The Morgan fingerprint density at radius 2 is 2.19 bits per heavy atom. The molecule has 0 aliphatic carbocycles. The van der Waals surface area contributed by atoms with Crippen LogP contribution in [0.15, 0.2) is 29.8 Å². The van der Waals surface area contributed by atoms with Crippen molar-refractivity contribution in [2.45, 2.75) is 6.54 Å². The van der Waals surface area contributed by atoms with Crippen molar-refractivity contribution in [2.75, 3.05) is 34.4 Å². The summed E-state index contributed by atoms with van der Waals surface area (Å²) >= 11 is 5.76. The number of aromatic nitrogens is 1. The highest BCUT2D eigenvalue weighted by molar-refractivity contribution is 6.29. The first-order valence-corrected chi connectivity index (χ1v) is 6.85. The second-order valence-electron chi connectivity index (χ2n) is 5.23. The van der Waals surface area contributed by atoms with Gasteiger partial charge in [-0.3, -0.25) is 15.0 Å². The summed E-state index contributed by atoms with van der Waals surface area (Å²) in [5.41, 5.74) is 1.15. The number of pyridine rings is 1. The van der Waals surface area contributed by atoms with Crippen LogP contribution in [0.1, 0.15) is 5.56 Å².